The molecule has 1 amide bonds. The van der Waals surface area contributed by atoms with Crippen molar-refractivity contribution in [3.05, 3.63) is 58.3 Å². The zero-order valence-corrected chi connectivity index (χ0v) is 13.9. The molecule has 2 aromatic rings. The van der Waals surface area contributed by atoms with Gasteiger partial charge in [0.15, 0.2) is 0 Å². The van der Waals surface area contributed by atoms with Crippen LogP contribution in [-0.4, -0.2) is 27.8 Å². The minimum atomic E-state index is -0.588. The van der Waals surface area contributed by atoms with Crippen LogP contribution in [0.5, 0.6) is 0 Å². The summed E-state index contributed by atoms with van der Waals surface area (Å²) in [6, 6.07) is 7.89. The van der Waals surface area contributed by atoms with Crippen molar-refractivity contribution < 1.29 is 9.18 Å². The van der Waals surface area contributed by atoms with Crippen LogP contribution in [-0.2, 0) is 0 Å². The third-order valence-electron chi connectivity index (χ3n) is 4.20. The second-order valence-electron chi connectivity index (χ2n) is 6.18. The van der Waals surface area contributed by atoms with E-state index in [1.807, 2.05) is 20.8 Å². The molecule has 24 heavy (non-hydrogen) atoms. The third-order valence-corrected chi connectivity index (χ3v) is 4.20. The lowest BCUT2D eigenvalue weighted by atomic mass is 9.88. The molecule has 128 valence electrons. The third kappa shape index (κ3) is 3.68. The molecule has 0 radical (unpaired) electrons. The number of nitrogens with two attached hydrogens (primary N) is 1. The summed E-state index contributed by atoms with van der Waals surface area (Å²) >= 11 is 0. The first-order valence-electron chi connectivity index (χ1n) is 7.66. The van der Waals surface area contributed by atoms with E-state index in [-0.39, 0.29) is 18.2 Å². The van der Waals surface area contributed by atoms with E-state index in [2.05, 4.69) is 10.4 Å². The Balaban J connectivity index is 2.36. The number of rotatable bonds is 5. The van der Waals surface area contributed by atoms with Crippen LogP contribution in [0.4, 0.5) is 4.39 Å². The van der Waals surface area contributed by atoms with Crippen molar-refractivity contribution in [2.24, 2.45) is 11.7 Å². The number of hydrogen-bond donors (Lipinski definition) is 2. The molecule has 6 nitrogen and oxygen atoms in total. The largest absolute Gasteiger partial charge is 0.344 e. The van der Waals surface area contributed by atoms with E-state index in [1.165, 1.54) is 36.4 Å². The van der Waals surface area contributed by atoms with Gasteiger partial charge in [-0.05, 0) is 43.2 Å². The van der Waals surface area contributed by atoms with Crippen LogP contribution in [0.25, 0.3) is 5.69 Å². The molecule has 7 heteroatoms. The van der Waals surface area contributed by atoms with Crippen molar-refractivity contribution >= 4 is 5.91 Å². The second kappa shape index (κ2) is 6.92. The van der Waals surface area contributed by atoms with Gasteiger partial charge in [-0.25, -0.2) is 4.39 Å². The van der Waals surface area contributed by atoms with Gasteiger partial charge in [0.25, 0.3) is 11.5 Å². The van der Waals surface area contributed by atoms with Crippen LogP contribution < -0.4 is 16.6 Å². The molecule has 0 aliphatic carbocycles. The quantitative estimate of drug-likeness (QED) is 0.868. The average Bonchev–Trinajstić information content (AvgIpc) is 2.55. The minimum Gasteiger partial charge on any atom is -0.344 e. The summed E-state index contributed by atoms with van der Waals surface area (Å²) < 4.78 is 14.1. The monoisotopic (exact) mass is 332 g/mol. The van der Waals surface area contributed by atoms with E-state index in [1.54, 1.807) is 0 Å². The van der Waals surface area contributed by atoms with Crippen LogP contribution in [0, 0.1) is 11.7 Å². The Morgan fingerprint density at radius 1 is 1.29 bits per heavy atom. The molecule has 1 heterocycles. The fraction of sp³-hybridized carbons (Fsp3) is 0.353. The smallest absolute Gasteiger partial charge is 0.272 e. The van der Waals surface area contributed by atoms with Gasteiger partial charge in [-0.15, -0.1) is 0 Å². The number of halogens is 1. The Morgan fingerprint density at radius 2 is 1.92 bits per heavy atom. The van der Waals surface area contributed by atoms with Crippen molar-refractivity contribution in [2.75, 3.05) is 6.54 Å². The summed E-state index contributed by atoms with van der Waals surface area (Å²) in [5.41, 5.74) is 5.23. The lowest BCUT2D eigenvalue weighted by Gasteiger charge is -2.33. The Kier molecular flexibility index (Phi) is 5.14. The SMILES string of the molecule is CC(C)C(C)(CN)NC(=O)c1ccc(=O)n(-c2ccc(F)cc2)n1. The maximum atomic E-state index is 13.0. The van der Waals surface area contributed by atoms with Gasteiger partial charge in [0.2, 0.25) is 0 Å². The molecule has 1 unspecified atom stereocenters. The zero-order chi connectivity index (χ0) is 17.9. The van der Waals surface area contributed by atoms with Crippen molar-refractivity contribution in [2.45, 2.75) is 26.3 Å². The molecule has 1 atom stereocenters. The van der Waals surface area contributed by atoms with Crippen LogP contribution in [0.1, 0.15) is 31.3 Å². The molecule has 0 bridgehead atoms. The number of carbonyl (C=O) groups is 1. The number of benzene rings is 1. The van der Waals surface area contributed by atoms with Crippen molar-refractivity contribution in [3.63, 3.8) is 0 Å². The second-order valence-corrected chi connectivity index (χ2v) is 6.18. The topological polar surface area (TPSA) is 90.0 Å². The number of nitrogens with one attached hydrogen (secondary N) is 1. The van der Waals surface area contributed by atoms with Gasteiger partial charge in [0, 0.05) is 12.6 Å². The molecule has 0 fully saturated rings. The number of nitrogens with zero attached hydrogens (tertiary/aromatic N) is 2. The summed E-state index contributed by atoms with van der Waals surface area (Å²) in [4.78, 5) is 24.5. The summed E-state index contributed by atoms with van der Waals surface area (Å²) in [6.45, 7) is 6.04. The Labute approximate surface area is 139 Å². The summed E-state index contributed by atoms with van der Waals surface area (Å²) in [6.07, 6.45) is 0. The highest BCUT2D eigenvalue weighted by atomic mass is 19.1. The highest BCUT2D eigenvalue weighted by molar-refractivity contribution is 5.92. The molecule has 0 aliphatic heterocycles. The van der Waals surface area contributed by atoms with E-state index in [4.69, 9.17) is 5.73 Å². The maximum Gasteiger partial charge on any atom is 0.272 e. The van der Waals surface area contributed by atoms with Crippen LogP contribution in [0.2, 0.25) is 0 Å². The van der Waals surface area contributed by atoms with Gasteiger partial charge in [-0.3, -0.25) is 9.59 Å². The van der Waals surface area contributed by atoms with E-state index < -0.39 is 22.8 Å². The number of aromatic nitrogens is 2. The molecule has 0 saturated carbocycles. The lowest BCUT2D eigenvalue weighted by molar-refractivity contribution is 0.0876. The lowest BCUT2D eigenvalue weighted by Crippen LogP contribution is -2.55. The van der Waals surface area contributed by atoms with E-state index >= 15 is 0 Å². The van der Waals surface area contributed by atoms with Gasteiger partial charge < -0.3 is 11.1 Å². The standard InChI is InChI=1S/C17H21FN4O2/c1-11(2)17(3,10-19)20-16(24)14-8-9-15(23)22(21-14)13-6-4-12(18)5-7-13/h4-9,11H,10,19H2,1-3H3,(H,20,24). The van der Waals surface area contributed by atoms with Crippen molar-refractivity contribution in [3.8, 4) is 5.69 Å². The highest BCUT2D eigenvalue weighted by Crippen LogP contribution is 2.15. The van der Waals surface area contributed by atoms with Gasteiger partial charge in [0.1, 0.15) is 11.5 Å². The first-order chi connectivity index (χ1) is 11.3. The molecule has 1 aromatic heterocycles. The number of hydrogen-bond acceptors (Lipinski definition) is 4. The normalized spacial score (nSPS) is 13.6. The predicted molar refractivity (Wildman–Crippen MR) is 89.6 cm³/mol. The van der Waals surface area contributed by atoms with Gasteiger partial charge >= 0.3 is 0 Å². The first-order valence-corrected chi connectivity index (χ1v) is 7.66. The fourth-order valence-corrected chi connectivity index (χ4v) is 2.05. The van der Waals surface area contributed by atoms with Crippen molar-refractivity contribution in [1.29, 1.82) is 0 Å². The molecule has 2 rings (SSSR count). The predicted octanol–water partition coefficient (Wildman–Crippen LogP) is 1.47. The van der Waals surface area contributed by atoms with Crippen LogP contribution in [0.3, 0.4) is 0 Å². The van der Waals surface area contributed by atoms with E-state index in [0.717, 1.165) is 4.68 Å². The van der Waals surface area contributed by atoms with Gasteiger partial charge in [-0.1, -0.05) is 13.8 Å². The summed E-state index contributed by atoms with van der Waals surface area (Å²) in [7, 11) is 0. The van der Waals surface area contributed by atoms with Gasteiger partial charge in [0.05, 0.1) is 11.2 Å². The molecule has 0 saturated heterocycles. The van der Waals surface area contributed by atoms with Crippen LogP contribution >= 0.6 is 0 Å². The Morgan fingerprint density at radius 3 is 2.46 bits per heavy atom. The molecule has 0 spiro atoms. The molecule has 1 aromatic carbocycles. The maximum absolute atomic E-state index is 13.0. The van der Waals surface area contributed by atoms with Crippen LogP contribution in [0.15, 0.2) is 41.2 Å². The number of amides is 1. The molecular weight excluding hydrogens is 311 g/mol. The van der Waals surface area contributed by atoms with E-state index in [0.29, 0.717) is 5.69 Å². The van der Waals surface area contributed by atoms with Crippen molar-refractivity contribution in [1.82, 2.24) is 15.1 Å². The van der Waals surface area contributed by atoms with Gasteiger partial charge in [-0.2, -0.15) is 9.78 Å². The average molecular weight is 332 g/mol. The first kappa shape index (κ1) is 17.8. The Bertz CT molecular complexity index is 786. The highest BCUT2D eigenvalue weighted by Gasteiger charge is 2.29. The Hall–Kier alpha value is -2.54. The fourth-order valence-electron chi connectivity index (χ4n) is 2.05. The zero-order valence-electron chi connectivity index (χ0n) is 13.9. The summed E-state index contributed by atoms with van der Waals surface area (Å²) in [5, 5.41) is 6.94. The summed E-state index contributed by atoms with van der Waals surface area (Å²) in [5.74, 6) is -0.724. The molecule has 3 N–H and O–H groups in total. The molecule has 0 aliphatic rings. The van der Waals surface area contributed by atoms with E-state index in [9.17, 15) is 14.0 Å². The number of carbonyl (C=O) groups excluding carboxylic acids is 1. The minimum absolute atomic E-state index is 0.0826. The molecular formula is C17H21FN4O2.